The van der Waals surface area contributed by atoms with Crippen LogP contribution in [0.25, 0.3) is 0 Å². The molecule has 0 radical (unpaired) electrons. The van der Waals surface area contributed by atoms with Crippen molar-refractivity contribution in [1.82, 2.24) is 5.32 Å². The second-order valence-corrected chi connectivity index (χ2v) is 3.48. The van der Waals surface area contributed by atoms with E-state index < -0.39 is 0 Å². The van der Waals surface area contributed by atoms with Gasteiger partial charge in [-0.1, -0.05) is 6.92 Å². The monoisotopic (exact) mass is 195 g/mol. The fourth-order valence-corrected chi connectivity index (χ4v) is 1.08. The van der Waals surface area contributed by atoms with Crippen molar-refractivity contribution < 1.29 is 9.53 Å². The van der Waals surface area contributed by atoms with Crippen molar-refractivity contribution in [2.45, 2.75) is 26.3 Å². The van der Waals surface area contributed by atoms with Crippen molar-refractivity contribution in [2.75, 3.05) is 6.61 Å². The second-order valence-electron chi connectivity index (χ2n) is 3.48. The molecule has 0 aromatic heterocycles. The van der Waals surface area contributed by atoms with Crippen LogP contribution in [-0.2, 0) is 9.53 Å². The predicted octanol–water partition coefficient (Wildman–Crippen LogP) is 1.62. The van der Waals surface area contributed by atoms with E-state index in [1.54, 1.807) is 24.6 Å². The Morgan fingerprint density at radius 2 is 2.57 bits per heavy atom. The van der Waals surface area contributed by atoms with Crippen molar-refractivity contribution in [3.05, 3.63) is 24.6 Å². The quantitative estimate of drug-likeness (QED) is 0.677. The first-order valence-corrected chi connectivity index (χ1v) is 4.98. The fraction of sp³-hybridized carbons (Fsp3) is 0.545. The van der Waals surface area contributed by atoms with Gasteiger partial charge in [-0.3, -0.25) is 4.79 Å². The molecule has 0 fully saturated rings. The summed E-state index contributed by atoms with van der Waals surface area (Å²) in [6.45, 7) is 4.65. The van der Waals surface area contributed by atoms with Gasteiger partial charge in [0.15, 0.2) is 5.78 Å². The Morgan fingerprint density at radius 3 is 3.14 bits per heavy atom. The molecule has 3 nitrogen and oxygen atoms in total. The number of nitrogens with one attached hydrogen (secondary N) is 1. The first kappa shape index (κ1) is 10.8. The molecule has 1 aliphatic heterocycles. The summed E-state index contributed by atoms with van der Waals surface area (Å²) in [5, 5.41) is 3.12. The Bertz CT molecular complexity index is 246. The summed E-state index contributed by atoms with van der Waals surface area (Å²) in [7, 11) is 0. The third kappa shape index (κ3) is 3.24. The van der Waals surface area contributed by atoms with Crippen LogP contribution < -0.4 is 5.32 Å². The number of carbonyl (C=O) groups excluding carboxylic acids is 1. The van der Waals surface area contributed by atoms with Gasteiger partial charge < -0.3 is 10.1 Å². The lowest BCUT2D eigenvalue weighted by Gasteiger charge is -2.07. The molecule has 0 aromatic rings. The van der Waals surface area contributed by atoms with Gasteiger partial charge in [-0.25, -0.2) is 0 Å². The van der Waals surface area contributed by atoms with Gasteiger partial charge >= 0.3 is 0 Å². The Labute approximate surface area is 84.8 Å². The molecule has 14 heavy (non-hydrogen) atoms. The van der Waals surface area contributed by atoms with Crippen LogP contribution in [0.15, 0.2) is 24.6 Å². The Hall–Kier alpha value is -1.25. The van der Waals surface area contributed by atoms with Crippen LogP contribution in [0.2, 0.25) is 0 Å². The van der Waals surface area contributed by atoms with Gasteiger partial charge in [0.25, 0.3) is 0 Å². The van der Waals surface area contributed by atoms with Gasteiger partial charge in [0.1, 0.15) is 6.61 Å². The van der Waals surface area contributed by atoms with Crippen LogP contribution in [0, 0.1) is 5.92 Å². The van der Waals surface area contributed by atoms with Crippen LogP contribution in [0.5, 0.6) is 0 Å². The third-order valence-corrected chi connectivity index (χ3v) is 2.29. The molecule has 0 saturated heterocycles. The highest BCUT2D eigenvalue weighted by Gasteiger charge is 2.16. The maximum absolute atomic E-state index is 11.5. The van der Waals surface area contributed by atoms with E-state index in [4.69, 9.17) is 4.74 Å². The number of allylic oxidation sites excluding steroid dienone is 1. The molecule has 0 spiro atoms. The van der Waals surface area contributed by atoms with E-state index in [1.807, 2.05) is 0 Å². The van der Waals surface area contributed by atoms with Crippen LogP contribution >= 0.6 is 0 Å². The van der Waals surface area contributed by atoms with Crippen LogP contribution in [0.3, 0.4) is 0 Å². The molecule has 0 aliphatic carbocycles. The van der Waals surface area contributed by atoms with E-state index in [9.17, 15) is 4.79 Å². The highest BCUT2D eigenvalue weighted by molar-refractivity contribution is 5.93. The third-order valence-electron chi connectivity index (χ3n) is 2.29. The van der Waals surface area contributed by atoms with Gasteiger partial charge in [0, 0.05) is 12.2 Å². The summed E-state index contributed by atoms with van der Waals surface area (Å²) < 4.78 is 4.97. The average molecular weight is 195 g/mol. The smallest absolute Gasteiger partial charge is 0.167 e. The number of ether oxygens (including phenoxy) is 1. The second kappa shape index (κ2) is 5.47. The number of carbonyl (C=O) groups is 1. The molecule has 2 unspecified atom stereocenters. The Balaban J connectivity index is 2.29. The van der Waals surface area contributed by atoms with Crippen molar-refractivity contribution in [1.29, 1.82) is 0 Å². The molecule has 2 atom stereocenters. The fourth-order valence-electron chi connectivity index (χ4n) is 1.08. The van der Waals surface area contributed by atoms with Crippen molar-refractivity contribution in [3.63, 3.8) is 0 Å². The Kier molecular flexibility index (Phi) is 4.23. The SMILES string of the molecule is CCC(C)N/C=C\C(=O)C1C=COC1. The summed E-state index contributed by atoms with van der Waals surface area (Å²) in [6.07, 6.45) is 7.72. The lowest BCUT2D eigenvalue weighted by molar-refractivity contribution is -0.117. The molecule has 0 saturated carbocycles. The molecule has 0 bridgehead atoms. The zero-order chi connectivity index (χ0) is 10.4. The maximum atomic E-state index is 11.5. The summed E-state index contributed by atoms with van der Waals surface area (Å²) in [4.78, 5) is 11.5. The minimum Gasteiger partial charge on any atom is -0.500 e. The minimum absolute atomic E-state index is 0.0922. The van der Waals surface area contributed by atoms with E-state index in [-0.39, 0.29) is 11.7 Å². The summed E-state index contributed by atoms with van der Waals surface area (Å²) >= 11 is 0. The molecular weight excluding hydrogens is 178 g/mol. The molecule has 1 heterocycles. The van der Waals surface area contributed by atoms with Gasteiger partial charge in [-0.15, -0.1) is 0 Å². The van der Waals surface area contributed by atoms with Crippen molar-refractivity contribution in [3.8, 4) is 0 Å². The summed E-state index contributed by atoms with van der Waals surface area (Å²) in [5.41, 5.74) is 0. The van der Waals surface area contributed by atoms with Crippen LogP contribution in [0.1, 0.15) is 20.3 Å². The van der Waals surface area contributed by atoms with E-state index in [0.29, 0.717) is 12.6 Å². The first-order valence-electron chi connectivity index (χ1n) is 4.98. The maximum Gasteiger partial charge on any atom is 0.167 e. The molecular formula is C11H17NO2. The number of ketones is 1. The normalized spacial score (nSPS) is 22.3. The highest BCUT2D eigenvalue weighted by atomic mass is 16.5. The van der Waals surface area contributed by atoms with Gasteiger partial charge in [-0.05, 0) is 25.5 Å². The lowest BCUT2D eigenvalue weighted by Crippen LogP contribution is -2.20. The molecule has 1 rings (SSSR count). The van der Waals surface area contributed by atoms with Crippen LogP contribution in [0.4, 0.5) is 0 Å². The topological polar surface area (TPSA) is 38.3 Å². The number of rotatable bonds is 5. The molecule has 1 N–H and O–H groups in total. The average Bonchev–Trinajstić information content (AvgIpc) is 2.70. The minimum atomic E-state index is -0.0926. The molecule has 0 amide bonds. The van der Waals surface area contributed by atoms with E-state index >= 15 is 0 Å². The van der Waals surface area contributed by atoms with Crippen LogP contribution in [-0.4, -0.2) is 18.4 Å². The molecule has 3 heteroatoms. The standard InChI is InChI=1S/C11H17NO2/c1-3-9(2)12-6-4-11(13)10-5-7-14-8-10/h4-7,9-10,12H,3,8H2,1-2H3/b6-4-. The van der Waals surface area contributed by atoms with Crippen molar-refractivity contribution in [2.24, 2.45) is 5.92 Å². The molecule has 0 aromatic carbocycles. The Morgan fingerprint density at radius 1 is 1.79 bits per heavy atom. The van der Waals surface area contributed by atoms with E-state index in [2.05, 4.69) is 19.2 Å². The zero-order valence-electron chi connectivity index (χ0n) is 8.69. The summed E-state index contributed by atoms with van der Waals surface area (Å²) in [5.74, 6) is -0.000430. The summed E-state index contributed by atoms with van der Waals surface area (Å²) in [6, 6.07) is 0.412. The lowest BCUT2D eigenvalue weighted by atomic mass is 10.1. The van der Waals surface area contributed by atoms with E-state index in [1.165, 1.54) is 0 Å². The number of hydrogen-bond acceptors (Lipinski definition) is 3. The molecule has 1 aliphatic rings. The number of hydrogen-bond donors (Lipinski definition) is 1. The molecule has 78 valence electrons. The van der Waals surface area contributed by atoms with Crippen molar-refractivity contribution >= 4 is 5.78 Å². The highest BCUT2D eigenvalue weighted by Crippen LogP contribution is 2.09. The first-order chi connectivity index (χ1) is 6.74. The predicted molar refractivity (Wildman–Crippen MR) is 55.6 cm³/mol. The largest absolute Gasteiger partial charge is 0.500 e. The van der Waals surface area contributed by atoms with Gasteiger partial charge in [0.2, 0.25) is 0 Å². The van der Waals surface area contributed by atoms with Gasteiger partial charge in [0.05, 0.1) is 12.2 Å². The zero-order valence-corrected chi connectivity index (χ0v) is 8.69. The van der Waals surface area contributed by atoms with Gasteiger partial charge in [-0.2, -0.15) is 0 Å². The van der Waals surface area contributed by atoms with E-state index in [0.717, 1.165) is 6.42 Å².